The Morgan fingerprint density at radius 2 is 1.95 bits per heavy atom. The lowest BCUT2D eigenvalue weighted by atomic mass is 10.0. The van der Waals surface area contributed by atoms with Gasteiger partial charge in [-0.2, -0.15) is 0 Å². The van der Waals surface area contributed by atoms with Crippen LogP contribution in [0.2, 0.25) is 0 Å². The first-order chi connectivity index (χ1) is 9.82. The maximum atomic E-state index is 12.1. The van der Waals surface area contributed by atoms with Gasteiger partial charge in [-0.1, -0.05) is 32.0 Å². The lowest BCUT2D eigenvalue weighted by molar-refractivity contribution is -0.385. The largest absolute Gasteiger partial charge is 0.345 e. The highest BCUT2D eigenvalue weighted by Gasteiger charge is 2.18. The molecule has 0 bridgehead atoms. The van der Waals surface area contributed by atoms with Gasteiger partial charge in [0.15, 0.2) is 0 Å². The van der Waals surface area contributed by atoms with Crippen molar-refractivity contribution in [1.82, 2.24) is 4.90 Å². The van der Waals surface area contributed by atoms with Gasteiger partial charge in [0, 0.05) is 31.3 Å². The molecule has 2 N–H and O–H groups in total. The molecule has 0 aromatic heterocycles. The Kier molecular flexibility index (Phi) is 8.67. The number of benzene rings is 1. The third-order valence-electron chi connectivity index (χ3n) is 3.61. The molecule has 1 unspecified atom stereocenters. The first-order valence-corrected chi connectivity index (χ1v) is 7.04. The highest BCUT2D eigenvalue weighted by atomic mass is 35.5. The Balaban J connectivity index is 0.00000441. The third-order valence-corrected chi connectivity index (χ3v) is 3.61. The molecule has 0 spiro atoms. The number of rotatable bonds is 7. The van der Waals surface area contributed by atoms with E-state index in [1.54, 1.807) is 30.1 Å². The molecule has 0 heterocycles. The highest BCUT2D eigenvalue weighted by Crippen LogP contribution is 2.18. The standard InChI is InChI=1S/C15H23N3O3.ClH/c1-11(2)13(16)8-9-17(3)15(19)10-12-6-4-5-7-14(12)18(20)21;/h4-7,11,13H,8-10,16H2,1-3H3;1H. The van der Waals surface area contributed by atoms with Crippen molar-refractivity contribution >= 4 is 24.0 Å². The summed E-state index contributed by atoms with van der Waals surface area (Å²) in [5, 5.41) is 10.9. The van der Waals surface area contributed by atoms with Gasteiger partial charge in [0.2, 0.25) is 5.91 Å². The Morgan fingerprint density at radius 1 is 1.36 bits per heavy atom. The van der Waals surface area contributed by atoms with Crippen LogP contribution in [-0.4, -0.2) is 35.4 Å². The maximum absolute atomic E-state index is 12.1. The molecule has 6 nitrogen and oxygen atoms in total. The van der Waals surface area contributed by atoms with Crippen LogP contribution in [0.3, 0.4) is 0 Å². The van der Waals surface area contributed by atoms with Crippen molar-refractivity contribution in [2.24, 2.45) is 11.7 Å². The fourth-order valence-corrected chi connectivity index (χ4v) is 1.94. The van der Waals surface area contributed by atoms with Gasteiger partial charge < -0.3 is 10.6 Å². The molecule has 1 rings (SSSR count). The summed E-state index contributed by atoms with van der Waals surface area (Å²) in [5.41, 5.74) is 6.38. The minimum Gasteiger partial charge on any atom is -0.345 e. The third kappa shape index (κ3) is 5.99. The predicted octanol–water partition coefficient (Wildman–Crippen LogP) is 2.39. The average molecular weight is 330 g/mol. The molecule has 0 aliphatic heterocycles. The zero-order valence-electron chi connectivity index (χ0n) is 13.2. The molecule has 124 valence electrons. The van der Waals surface area contributed by atoms with Crippen molar-refractivity contribution in [3.05, 3.63) is 39.9 Å². The Bertz CT molecular complexity index is 509. The number of hydrogen-bond donors (Lipinski definition) is 1. The van der Waals surface area contributed by atoms with E-state index in [0.29, 0.717) is 18.0 Å². The van der Waals surface area contributed by atoms with Crippen LogP contribution in [0.5, 0.6) is 0 Å². The SMILES string of the molecule is CC(C)C(N)CCN(C)C(=O)Cc1ccccc1[N+](=O)[O-].Cl. The fourth-order valence-electron chi connectivity index (χ4n) is 1.94. The van der Waals surface area contributed by atoms with Gasteiger partial charge in [0.05, 0.1) is 11.3 Å². The van der Waals surface area contributed by atoms with Crippen molar-refractivity contribution in [3.63, 3.8) is 0 Å². The van der Waals surface area contributed by atoms with Crippen molar-refractivity contribution in [2.75, 3.05) is 13.6 Å². The van der Waals surface area contributed by atoms with Crippen LogP contribution in [-0.2, 0) is 11.2 Å². The van der Waals surface area contributed by atoms with Crippen molar-refractivity contribution < 1.29 is 9.72 Å². The minimum atomic E-state index is -0.461. The first-order valence-electron chi connectivity index (χ1n) is 7.04. The number of likely N-dealkylation sites (N-methyl/N-ethyl adjacent to an activating group) is 1. The van der Waals surface area contributed by atoms with Crippen molar-refractivity contribution in [1.29, 1.82) is 0 Å². The van der Waals surface area contributed by atoms with Crippen molar-refractivity contribution in [3.8, 4) is 0 Å². The molecule has 0 aliphatic carbocycles. The fraction of sp³-hybridized carbons (Fsp3) is 0.533. The van der Waals surface area contributed by atoms with Gasteiger partial charge in [-0.15, -0.1) is 12.4 Å². The van der Waals surface area contributed by atoms with Crippen LogP contribution in [0.4, 0.5) is 5.69 Å². The normalized spacial score (nSPS) is 11.7. The summed E-state index contributed by atoms with van der Waals surface area (Å²) in [4.78, 5) is 24.2. The molecular weight excluding hydrogens is 306 g/mol. The number of nitrogens with two attached hydrogens (primary N) is 1. The Labute approximate surface area is 137 Å². The maximum Gasteiger partial charge on any atom is 0.273 e. The van der Waals surface area contributed by atoms with Gasteiger partial charge in [-0.3, -0.25) is 14.9 Å². The van der Waals surface area contributed by atoms with E-state index < -0.39 is 4.92 Å². The summed E-state index contributed by atoms with van der Waals surface area (Å²) in [5.74, 6) is 0.226. The zero-order chi connectivity index (χ0) is 16.0. The number of para-hydroxylation sites is 1. The number of halogens is 1. The number of nitro groups is 1. The second kappa shape index (κ2) is 9.38. The van der Waals surface area contributed by atoms with E-state index in [1.165, 1.54) is 6.07 Å². The molecule has 0 fully saturated rings. The molecule has 1 aromatic carbocycles. The second-order valence-electron chi connectivity index (χ2n) is 5.57. The van der Waals surface area contributed by atoms with E-state index in [2.05, 4.69) is 0 Å². The van der Waals surface area contributed by atoms with Gasteiger partial charge in [0.25, 0.3) is 5.69 Å². The summed E-state index contributed by atoms with van der Waals surface area (Å²) in [6, 6.07) is 6.37. The summed E-state index contributed by atoms with van der Waals surface area (Å²) in [6.07, 6.45) is 0.751. The zero-order valence-corrected chi connectivity index (χ0v) is 14.0. The number of amides is 1. The molecule has 1 atom stereocenters. The Morgan fingerprint density at radius 3 is 2.50 bits per heavy atom. The van der Waals surface area contributed by atoms with E-state index in [-0.39, 0.29) is 36.5 Å². The predicted molar refractivity (Wildman–Crippen MR) is 89.1 cm³/mol. The molecule has 22 heavy (non-hydrogen) atoms. The number of nitro benzene ring substituents is 1. The summed E-state index contributed by atoms with van der Waals surface area (Å²) in [7, 11) is 1.70. The van der Waals surface area contributed by atoms with E-state index in [4.69, 9.17) is 5.73 Å². The van der Waals surface area contributed by atoms with Crippen molar-refractivity contribution in [2.45, 2.75) is 32.7 Å². The summed E-state index contributed by atoms with van der Waals surface area (Å²) >= 11 is 0. The molecule has 0 saturated carbocycles. The molecule has 1 aromatic rings. The molecular formula is C15H24ClN3O3. The van der Waals surface area contributed by atoms with Crippen LogP contribution in [0.15, 0.2) is 24.3 Å². The molecule has 7 heteroatoms. The lowest BCUT2D eigenvalue weighted by Crippen LogP contribution is -2.35. The molecule has 0 saturated heterocycles. The molecule has 1 amide bonds. The number of carbonyl (C=O) groups excluding carboxylic acids is 1. The first kappa shape index (κ1) is 20.3. The monoisotopic (exact) mass is 329 g/mol. The lowest BCUT2D eigenvalue weighted by Gasteiger charge is -2.21. The van der Waals surface area contributed by atoms with Gasteiger partial charge in [-0.25, -0.2) is 0 Å². The van der Waals surface area contributed by atoms with Crippen LogP contribution >= 0.6 is 12.4 Å². The topological polar surface area (TPSA) is 89.5 Å². The molecule has 0 aliphatic rings. The van der Waals surface area contributed by atoms with E-state index in [0.717, 1.165) is 6.42 Å². The van der Waals surface area contributed by atoms with E-state index in [9.17, 15) is 14.9 Å². The van der Waals surface area contributed by atoms with Gasteiger partial charge in [-0.05, 0) is 12.3 Å². The van der Waals surface area contributed by atoms with E-state index in [1.807, 2.05) is 13.8 Å². The molecule has 0 radical (unpaired) electrons. The van der Waals surface area contributed by atoms with Gasteiger partial charge in [0.1, 0.15) is 0 Å². The Hall–Kier alpha value is -1.66. The van der Waals surface area contributed by atoms with Gasteiger partial charge >= 0.3 is 0 Å². The smallest absolute Gasteiger partial charge is 0.273 e. The summed E-state index contributed by atoms with van der Waals surface area (Å²) < 4.78 is 0. The summed E-state index contributed by atoms with van der Waals surface area (Å²) in [6.45, 7) is 4.64. The van der Waals surface area contributed by atoms with Crippen LogP contribution in [0.25, 0.3) is 0 Å². The number of hydrogen-bond acceptors (Lipinski definition) is 4. The van der Waals surface area contributed by atoms with Crippen LogP contribution in [0, 0.1) is 16.0 Å². The van der Waals surface area contributed by atoms with Crippen LogP contribution < -0.4 is 5.73 Å². The number of carbonyl (C=O) groups is 1. The average Bonchev–Trinajstić information content (AvgIpc) is 2.44. The quantitative estimate of drug-likeness (QED) is 0.614. The minimum absolute atomic E-state index is 0. The number of nitrogens with zero attached hydrogens (tertiary/aromatic N) is 2. The highest BCUT2D eigenvalue weighted by molar-refractivity contribution is 5.85. The van der Waals surface area contributed by atoms with Crippen LogP contribution in [0.1, 0.15) is 25.8 Å². The van der Waals surface area contributed by atoms with E-state index >= 15 is 0 Å². The second-order valence-corrected chi connectivity index (χ2v) is 5.57.